The number of Topliss-reactive ketones (excluding diaryl/α,β-unsaturated/α-hetero) is 1. The summed E-state index contributed by atoms with van der Waals surface area (Å²) in [5.74, 6) is -2.72. The van der Waals surface area contributed by atoms with Gasteiger partial charge in [0.25, 0.3) is 0 Å². The maximum atomic E-state index is 13.1. The van der Waals surface area contributed by atoms with Crippen LogP contribution in [-0.4, -0.2) is 38.3 Å². The van der Waals surface area contributed by atoms with E-state index in [1.807, 2.05) is 0 Å². The van der Waals surface area contributed by atoms with Gasteiger partial charge in [0.15, 0.2) is 11.6 Å². The van der Waals surface area contributed by atoms with Gasteiger partial charge >= 0.3 is 0 Å². The van der Waals surface area contributed by atoms with Crippen LogP contribution in [0.2, 0.25) is 0 Å². The first-order valence-electron chi connectivity index (χ1n) is 8.71. The molecule has 4 rings (SSSR count). The van der Waals surface area contributed by atoms with Crippen molar-refractivity contribution in [2.75, 3.05) is 0 Å². The van der Waals surface area contributed by atoms with E-state index in [1.54, 1.807) is 13.8 Å². The van der Waals surface area contributed by atoms with E-state index in [0.29, 0.717) is 5.56 Å². The van der Waals surface area contributed by atoms with Gasteiger partial charge in [0.1, 0.15) is 11.5 Å². The number of fused-ring (bicyclic) bond motifs is 4. The SMILES string of the molecule is CC(C)[C@@]1(O)CC(=O)c2c(cc(O)c3c2C(=O)c2cccc(O)c2C3=O)C1. The largest absolute Gasteiger partial charge is 0.507 e. The normalized spacial score (nSPS) is 21.1. The van der Waals surface area contributed by atoms with E-state index in [2.05, 4.69) is 0 Å². The third-order valence-corrected chi connectivity index (χ3v) is 5.67. The quantitative estimate of drug-likeness (QED) is 0.610. The molecule has 0 aromatic heterocycles. The van der Waals surface area contributed by atoms with Crippen LogP contribution in [0.1, 0.15) is 68.0 Å². The molecule has 0 aliphatic heterocycles. The molecule has 2 aliphatic carbocycles. The molecule has 0 spiro atoms. The fourth-order valence-corrected chi connectivity index (χ4v) is 4.03. The second kappa shape index (κ2) is 5.50. The van der Waals surface area contributed by atoms with Gasteiger partial charge in [-0.05, 0) is 23.6 Å². The third-order valence-electron chi connectivity index (χ3n) is 5.67. The zero-order chi connectivity index (χ0) is 19.7. The summed E-state index contributed by atoms with van der Waals surface area (Å²) in [6.45, 7) is 3.59. The molecule has 0 amide bonds. The molecule has 6 heteroatoms. The number of rotatable bonds is 1. The maximum absolute atomic E-state index is 13.1. The first-order valence-corrected chi connectivity index (χ1v) is 8.71. The molecule has 0 heterocycles. The lowest BCUT2D eigenvalue weighted by Crippen LogP contribution is -2.44. The second-order valence-electron chi connectivity index (χ2n) is 7.57. The number of phenolic OH excluding ortho intramolecular Hbond substituents is 2. The number of hydrogen-bond donors (Lipinski definition) is 3. The van der Waals surface area contributed by atoms with Crippen molar-refractivity contribution in [3.8, 4) is 11.5 Å². The number of carbonyl (C=O) groups excluding carboxylic acids is 3. The van der Waals surface area contributed by atoms with Gasteiger partial charge in [-0.25, -0.2) is 0 Å². The highest BCUT2D eigenvalue weighted by Crippen LogP contribution is 2.43. The molecule has 2 aromatic rings. The molecular weight excluding hydrogens is 348 g/mol. The van der Waals surface area contributed by atoms with Crippen LogP contribution in [0.25, 0.3) is 0 Å². The lowest BCUT2D eigenvalue weighted by molar-refractivity contribution is -0.0117. The predicted octanol–water partition coefficient (Wildman–Crippen LogP) is 2.39. The van der Waals surface area contributed by atoms with E-state index < -0.39 is 28.7 Å². The fraction of sp³-hybridized carbons (Fsp3) is 0.286. The van der Waals surface area contributed by atoms with Crippen LogP contribution >= 0.6 is 0 Å². The summed E-state index contributed by atoms with van der Waals surface area (Å²) in [5, 5.41) is 31.3. The number of aliphatic hydroxyl groups is 1. The lowest BCUT2D eigenvalue weighted by Gasteiger charge is -2.37. The van der Waals surface area contributed by atoms with Gasteiger partial charge in [-0.2, -0.15) is 0 Å². The summed E-state index contributed by atoms with van der Waals surface area (Å²) in [7, 11) is 0. The fourth-order valence-electron chi connectivity index (χ4n) is 4.03. The minimum atomic E-state index is -1.28. The molecule has 0 saturated heterocycles. The van der Waals surface area contributed by atoms with Crippen molar-refractivity contribution in [2.45, 2.75) is 32.3 Å². The van der Waals surface area contributed by atoms with Crippen molar-refractivity contribution in [3.63, 3.8) is 0 Å². The van der Waals surface area contributed by atoms with Crippen molar-refractivity contribution >= 4 is 17.3 Å². The topological polar surface area (TPSA) is 112 Å². The Labute approximate surface area is 155 Å². The molecule has 138 valence electrons. The molecule has 0 saturated carbocycles. The zero-order valence-electron chi connectivity index (χ0n) is 14.9. The van der Waals surface area contributed by atoms with Crippen LogP contribution in [0.5, 0.6) is 11.5 Å². The number of phenols is 2. The van der Waals surface area contributed by atoms with E-state index in [0.717, 1.165) is 0 Å². The molecule has 0 fully saturated rings. The first-order chi connectivity index (χ1) is 12.7. The van der Waals surface area contributed by atoms with E-state index >= 15 is 0 Å². The molecule has 2 aromatic carbocycles. The summed E-state index contributed by atoms with van der Waals surface area (Å²) in [5.41, 5.74) is -1.42. The summed E-state index contributed by atoms with van der Waals surface area (Å²) >= 11 is 0. The van der Waals surface area contributed by atoms with Gasteiger partial charge in [0, 0.05) is 29.5 Å². The Morgan fingerprint density at radius 1 is 0.889 bits per heavy atom. The highest BCUT2D eigenvalue weighted by atomic mass is 16.3. The Morgan fingerprint density at radius 2 is 1.59 bits per heavy atom. The maximum Gasteiger partial charge on any atom is 0.201 e. The van der Waals surface area contributed by atoms with Crippen LogP contribution in [0.3, 0.4) is 0 Å². The summed E-state index contributed by atoms with van der Waals surface area (Å²) in [6, 6.07) is 5.42. The molecule has 2 aliphatic rings. The number of carbonyl (C=O) groups is 3. The molecule has 0 unspecified atom stereocenters. The Bertz CT molecular complexity index is 1050. The van der Waals surface area contributed by atoms with Gasteiger partial charge in [0.05, 0.1) is 16.7 Å². The van der Waals surface area contributed by atoms with E-state index in [9.17, 15) is 29.7 Å². The Kier molecular flexibility index (Phi) is 3.55. The Morgan fingerprint density at radius 3 is 2.26 bits per heavy atom. The number of aromatic hydroxyl groups is 2. The third kappa shape index (κ3) is 2.26. The molecule has 0 radical (unpaired) electrons. The highest BCUT2D eigenvalue weighted by molar-refractivity contribution is 6.32. The summed E-state index contributed by atoms with van der Waals surface area (Å²) in [6.07, 6.45) is -0.0653. The van der Waals surface area contributed by atoms with Crippen LogP contribution < -0.4 is 0 Å². The standard InChI is InChI=1S/C21H18O6/c1-9(2)21(27)7-10-6-13(23)17-18(15(10)14(24)8-21)19(25)11-4-3-5-12(22)16(11)20(17)26/h3-6,9,22-23,27H,7-8H2,1-2H3/t21-/m0/s1. The van der Waals surface area contributed by atoms with Crippen LogP contribution in [0, 0.1) is 5.92 Å². The van der Waals surface area contributed by atoms with E-state index in [4.69, 9.17) is 0 Å². The van der Waals surface area contributed by atoms with E-state index in [1.165, 1.54) is 24.3 Å². The van der Waals surface area contributed by atoms with Crippen molar-refractivity contribution in [1.82, 2.24) is 0 Å². The smallest absolute Gasteiger partial charge is 0.201 e. The van der Waals surface area contributed by atoms with Gasteiger partial charge in [-0.15, -0.1) is 0 Å². The van der Waals surface area contributed by atoms with Gasteiger partial charge in [-0.3, -0.25) is 14.4 Å². The number of ketones is 3. The van der Waals surface area contributed by atoms with Gasteiger partial charge in [0.2, 0.25) is 5.78 Å². The average Bonchev–Trinajstić information content (AvgIpc) is 2.58. The van der Waals surface area contributed by atoms with Crippen LogP contribution in [0.4, 0.5) is 0 Å². The monoisotopic (exact) mass is 366 g/mol. The number of benzene rings is 2. The molecule has 27 heavy (non-hydrogen) atoms. The minimum absolute atomic E-state index is 0.00204. The van der Waals surface area contributed by atoms with Gasteiger partial charge < -0.3 is 15.3 Å². The van der Waals surface area contributed by atoms with Crippen molar-refractivity contribution in [3.05, 3.63) is 57.6 Å². The molecule has 1 atom stereocenters. The molecule has 3 N–H and O–H groups in total. The van der Waals surface area contributed by atoms with Crippen LogP contribution in [-0.2, 0) is 6.42 Å². The highest BCUT2D eigenvalue weighted by Gasteiger charge is 2.45. The Balaban J connectivity index is 2.01. The van der Waals surface area contributed by atoms with Crippen molar-refractivity contribution in [2.24, 2.45) is 5.92 Å². The molecule has 0 bridgehead atoms. The predicted molar refractivity (Wildman–Crippen MR) is 95.5 cm³/mol. The number of hydrogen-bond acceptors (Lipinski definition) is 6. The van der Waals surface area contributed by atoms with Crippen molar-refractivity contribution < 1.29 is 29.7 Å². The average molecular weight is 366 g/mol. The van der Waals surface area contributed by atoms with Crippen molar-refractivity contribution in [1.29, 1.82) is 0 Å². The molecular formula is C21H18O6. The Hall–Kier alpha value is -2.99. The van der Waals surface area contributed by atoms with E-state index in [-0.39, 0.29) is 52.3 Å². The lowest BCUT2D eigenvalue weighted by atomic mass is 9.69. The zero-order valence-corrected chi connectivity index (χ0v) is 14.9. The summed E-state index contributed by atoms with van der Waals surface area (Å²) < 4.78 is 0. The van der Waals surface area contributed by atoms with Gasteiger partial charge in [-0.1, -0.05) is 26.0 Å². The summed E-state index contributed by atoms with van der Waals surface area (Å²) in [4.78, 5) is 38.8. The van der Waals surface area contributed by atoms with Crippen LogP contribution in [0.15, 0.2) is 24.3 Å². The molecule has 6 nitrogen and oxygen atoms in total. The first kappa shape index (κ1) is 17.4. The minimum Gasteiger partial charge on any atom is -0.507 e. The second-order valence-corrected chi connectivity index (χ2v) is 7.57.